The van der Waals surface area contributed by atoms with E-state index in [9.17, 15) is 9.59 Å². The van der Waals surface area contributed by atoms with Crippen LogP contribution < -0.4 is 5.32 Å². The number of hydrogen-bond donors (Lipinski definition) is 1. The Morgan fingerprint density at radius 3 is 2.61 bits per heavy atom. The number of carbonyl (C=O) groups is 2. The lowest BCUT2D eigenvalue weighted by Gasteiger charge is -2.33. The first-order valence-corrected chi connectivity index (χ1v) is 13.0. The molecule has 2 heterocycles. The van der Waals surface area contributed by atoms with Gasteiger partial charge in [0.1, 0.15) is 5.78 Å². The predicted molar refractivity (Wildman–Crippen MR) is 128 cm³/mol. The van der Waals surface area contributed by atoms with Crippen molar-refractivity contribution < 1.29 is 19.1 Å². The van der Waals surface area contributed by atoms with Crippen molar-refractivity contribution in [3.8, 4) is 0 Å². The molecule has 4 atom stereocenters. The Labute approximate surface area is 198 Å². The fraction of sp³-hybridized carbons (Fsp3) is 0.704. The van der Waals surface area contributed by atoms with E-state index in [-0.39, 0.29) is 23.7 Å². The zero-order chi connectivity index (χ0) is 23.2. The fourth-order valence-electron chi connectivity index (χ4n) is 5.99. The maximum Gasteiger partial charge on any atom is 0.240 e. The maximum absolute atomic E-state index is 13.5. The van der Waals surface area contributed by atoms with Crippen molar-refractivity contribution in [2.24, 2.45) is 11.8 Å². The summed E-state index contributed by atoms with van der Waals surface area (Å²) in [5.74, 6) is 0.643. The molecule has 2 aliphatic heterocycles. The summed E-state index contributed by atoms with van der Waals surface area (Å²) in [6, 6.07) is 8.20. The quantitative estimate of drug-likeness (QED) is 0.546. The second kappa shape index (κ2) is 11.6. The topological polar surface area (TPSA) is 67.9 Å². The molecule has 1 aliphatic carbocycles. The van der Waals surface area contributed by atoms with Crippen LogP contribution in [0, 0.1) is 11.8 Å². The molecule has 6 nitrogen and oxygen atoms in total. The van der Waals surface area contributed by atoms with E-state index in [1.807, 2.05) is 18.7 Å². The van der Waals surface area contributed by atoms with Crippen molar-refractivity contribution in [2.75, 3.05) is 26.3 Å². The van der Waals surface area contributed by atoms with E-state index in [4.69, 9.17) is 9.47 Å². The lowest BCUT2D eigenvalue weighted by Crippen LogP contribution is -2.53. The summed E-state index contributed by atoms with van der Waals surface area (Å²) in [6.45, 7) is 6.44. The van der Waals surface area contributed by atoms with Crippen molar-refractivity contribution in [1.82, 2.24) is 10.2 Å². The third-order valence-corrected chi connectivity index (χ3v) is 7.71. The van der Waals surface area contributed by atoms with Crippen LogP contribution in [0.3, 0.4) is 0 Å². The van der Waals surface area contributed by atoms with Crippen molar-refractivity contribution in [2.45, 2.75) is 83.6 Å². The molecule has 0 saturated carbocycles. The second-order valence-electron chi connectivity index (χ2n) is 9.73. The second-order valence-corrected chi connectivity index (χ2v) is 9.73. The molecule has 1 aromatic rings. The molecule has 1 N–H and O–H groups in total. The minimum atomic E-state index is -0.408. The molecular weight excluding hydrogens is 416 g/mol. The normalized spacial score (nSPS) is 27.2. The van der Waals surface area contributed by atoms with Crippen molar-refractivity contribution in [1.29, 1.82) is 0 Å². The summed E-state index contributed by atoms with van der Waals surface area (Å²) in [5.41, 5.74) is 2.90. The highest BCUT2D eigenvalue weighted by molar-refractivity contribution is 5.92. The van der Waals surface area contributed by atoms with Gasteiger partial charge >= 0.3 is 0 Å². The molecule has 0 spiro atoms. The van der Waals surface area contributed by atoms with E-state index < -0.39 is 12.3 Å². The average Bonchev–Trinajstić information content (AvgIpc) is 3.52. The molecule has 1 aromatic carbocycles. The number of fused-ring (bicyclic) bond motifs is 1. The van der Waals surface area contributed by atoms with Gasteiger partial charge in [-0.15, -0.1) is 0 Å². The Bertz CT molecular complexity index is 807. The molecule has 4 rings (SSSR count). The molecule has 0 radical (unpaired) electrons. The van der Waals surface area contributed by atoms with Crippen LogP contribution in [0.2, 0.25) is 0 Å². The molecular formula is C27H40N2O4. The molecule has 6 heteroatoms. The number of aryl methyl sites for hydroxylation is 1. The van der Waals surface area contributed by atoms with Crippen LogP contribution in [-0.4, -0.2) is 61.3 Å². The van der Waals surface area contributed by atoms with Gasteiger partial charge < -0.3 is 19.7 Å². The van der Waals surface area contributed by atoms with E-state index in [0.29, 0.717) is 32.1 Å². The fourth-order valence-corrected chi connectivity index (χ4v) is 5.99. The van der Waals surface area contributed by atoms with Gasteiger partial charge in [-0.2, -0.15) is 0 Å². The highest BCUT2D eigenvalue weighted by Crippen LogP contribution is 2.31. The van der Waals surface area contributed by atoms with Gasteiger partial charge in [0.05, 0.1) is 12.1 Å². The lowest BCUT2D eigenvalue weighted by molar-refractivity contribution is -0.176. The first-order chi connectivity index (χ1) is 16.1. The highest BCUT2D eigenvalue weighted by atomic mass is 16.7. The van der Waals surface area contributed by atoms with Crippen LogP contribution in [0.25, 0.3) is 0 Å². The monoisotopic (exact) mass is 456 g/mol. The number of amides is 1. The summed E-state index contributed by atoms with van der Waals surface area (Å²) in [4.78, 5) is 28.7. The molecule has 3 aliphatic rings. The number of rotatable bonds is 10. The van der Waals surface area contributed by atoms with Crippen LogP contribution in [0.5, 0.6) is 0 Å². The Kier molecular flexibility index (Phi) is 8.55. The summed E-state index contributed by atoms with van der Waals surface area (Å²) in [5, 5.41) is 3.35. The van der Waals surface area contributed by atoms with Crippen LogP contribution in [-0.2, 0) is 31.9 Å². The SMILES string of the molecule is CCOC(OCC)[C@@H]1CCCN1C(=O)[C@H]1NCCC1C(=O)CC[C@@H]1CCc2ccccc2C1. The Morgan fingerprint density at radius 1 is 1.09 bits per heavy atom. The van der Waals surface area contributed by atoms with Gasteiger partial charge in [-0.3, -0.25) is 9.59 Å². The number of ketones is 1. The number of nitrogens with zero attached hydrogens (tertiary/aromatic N) is 1. The number of likely N-dealkylation sites (tertiary alicyclic amines) is 1. The van der Waals surface area contributed by atoms with Gasteiger partial charge in [0.2, 0.25) is 5.91 Å². The molecule has 2 saturated heterocycles. The highest BCUT2D eigenvalue weighted by Gasteiger charge is 2.44. The number of benzene rings is 1. The molecule has 182 valence electrons. The van der Waals surface area contributed by atoms with Crippen molar-refractivity contribution >= 4 is 11.7 Å². The van der Waals surface area contributed by atoms with Crippen molar-refractivity contribution in [3.63, 3.8) is 0 Å². The number of nitrogens with one attached hydrogen (secondary N) is 1. The summed E-state index contributed by atoms with van der Waals surface area (Å²) in [7, 11) is 0. The van der Waals surface area contributed by atoms with Gasteiger partial charge in [-0.25, -0.2) is 0 Å². The zero-order valence-electron chi connectivity index (χ0n) is 20.3. The number of hydrogen-bond acceptors (Lipinski definition) is 5. The van der Waals surface area contributed by atoms with Crippen LogP contribution in [0.4, 0.5) is 0 Å². The van der Waals surface area contributed by atoms with Gasteiger partial charge in [-0.1, -0.05) is 24.3 Å². The number of ether oxygens (including phenoxy) is 2. The van der Waals surface area contributed by atoms with E-state index in [2.05, 4.69) is 29.6 Å². The Balaban J connectivity index is 1.34. The predicted octanol–water partition coefficient (Wildman–Crippen LogP) is 3.51. The summed E-state index contributed by atoms with van der Waals surface area (Å²) in [6.07, 6.45) is 7.02. The molecule has 0 bridgehead atoms. The minimum absolute atomic E-state index is 0.0457. The zero-order valence-corrected chi connectivity index (χ0v) is 20.3. The van der Waals surface area contributed by atoms with E-state index >= 15 is 0 Å². The number of carbonyl (C=O) groups excluding carboxylic acids is 2. The lowest BCUT2D eigenvalue weighted by atomic mass is 9.80. The first kappa shape index (κ1) is 24.4. The standard InChI is InChI=1S/C27H40N2O4/c1-3-32-27(33-4-2)23-10-7-17-29(23)26(31)25-22(15-16-28-25)24(30)14-12-19-11-13-20-8-5-6-9-21(20)18-19/h5-6,8-9,19,22-23,25,27-28H,3-4,7,10-18H2,1-2H3/t19-,22?,23-,25-/m0/s1. The van der Waals surface area contributed by atoms with E-state index in [0.717, 1.165) is 51.5 Å². The summed E-state index contributed by atoms with van der Waals surface area (Å²) >= 11 is 0. The van der Waals surface area contributed by atoms with E-state index in [1.54, 1.807) is 0 Å². The van der Waals surface area contributed by atoms with Crippen LogP contribution in [0.1, 0.15) is 63.5 Å². The maximum atomic E-state index is 13.5. The first-order valence-electron chi connectivity index (χ1n) is 13.0. The third kappa shape index (κ3) is 5.67. The molecule has 1 unspecified atom stereocenters. The van der Waals surface area contributed by atoms with E-state index in [1.165, 1.54) is 11.1 Å². The van der Waals surface area contributed by atoms with Gasteiger partial charge in [0.15, 0.2) is 6.29 Å². The molecule has 1 amide bonds. The third-order valence-electron chi connectivity index (χ3n) is 7.71. The van der Waals surface area contributed by atoms with Gasteiger partial charge in [-0.05, 0) is 82.4 Å². The van der Waals surface area contributed by atoms with Gasteiger partial charge in [0, 0.05) is 32.1 Å². The minimum Gasteiger partial charge on any atom is -0.351 e. The average molecular weight is 457 g/mol. The van der Waals surface area contributed by atoms with Crippen LogP contribution in [0.15, 0.2) is 24.3 Å². The van der Waals surface area contributed by atoms with Crippen LogP contribution >= 0.6 is 0 Å². The Hall–Kier alpha value is -1.76. The van der Waals surface area contributed by atoms with Gasteiger partial charge in [0.25, 0.3) is 0 Å². The molecule has 0 aromatic heterocycles. The number of Topliss-reactive ketones (excluding diaryl/α,β-unsaturated/α-hetero) is 1. The Morgan fingerprint density at radius 2 is 1.85 bits per heavy atom. The largest absolute Gasteiger partial charge is 0.351 e. The smallest absolute Gasteiger partial charge is 0.240 e. The molecule has 33 heavy (non-hydrogen) atoms. The molecule has 2 fully saturated rings. The summed E-state index contributed by atoms with van der Waals surface area (Å²) < 4.78 is 11.6. The van der Waals surface area contributed by atoms with Crippen molar-refractivity contribution in [3.05, 3.63) is 35.4 Å².